The second-order valence-electron chi connectivity index (χ2n) is 3.98. The van der Waals surface area contributed by atoms with E-state index in [-0.39, 0.29) is 5.91 Å². The maximum Gasteiger partial charge on any atom is 0.237 e. The Morgan fingerprint density at radius 1 is 1.61 bits per heavy atom. The van der Waals surface area contributed by atoms with Crippen molar-refractivity contribution in [2.75, 3.05) is 7.05 Å². The van der Waals surface area contributed by atoms with Gasteiger partial charge in [0, 0.05) is 24.1 Å². The van der Waals surface area contributed by atoms with Crippen molar-refractivity contribution < 1.29 is 4.79 Å². The van der Waals surface area contributed by atoms with Gasteiger partial charge in [-0.3, -0.25) is 4.79 Å². The smallest absolute Gasteiger partial charge is 0.237 e. The first-order valence-corrected chi connectivity index (χ1v) is 5.91. The van der Waals surface area contributed by atoms with Gasteiger partial charge in [-0.25, -0.2) is 0 Å². The highest BCUT2D eigenvalue weighted by Crippen LogP contribution is 2.28. The fraction of sp³-hybridized carbons (Fsp3) is 0.231. The van der Waals surface area contributed by atoms with Gasteiger partial charge in [0.15, 0.2) is 0 Å². The Morgan fingerprint density at radius 2 is 2.39 bits per heavy atom. The Morgan fingerprint density at radius 3 is 3.06 bits per heavy atom. The lowest BCUT2D eigenvalue weighted by molar-refractivity contribution is -0.122. The van der Waals surface area contributed by atoms with Gasteiger partial charge in [0.2, 0.25) is 5.91 Å². The van der Waals surface area contributed by atoms with Gasteiger partial charge in [-0.15, -0.1) is 0 Å². The summed E-state index contributed by atoms with van der Waals surface area (Å²) in [5, 5.41) is 13.0. The summed E-state index contributed by atoms with van der Waals surface area (Å²) in [7, 11) is 1.52. The summed E-state index contributed by atoms with van der Waals surface area (Å²) in [6.07, 6.45) is 2.14. The van der Waals surface area contributed by atoms with Crippen LogP contribution in [0.2, 0.25) is 5.02 Å². The summed E-state index contributed by atoms with van der Waals surface area (Å²) in [6, 6.07) is 7.56. The van der Waals surface area contributed by atoms with Gasteiger partial charge in [0.25, 0.3) is 0 Å². The first-order valence-electron chi connectivity index (χ1n) is 5.53. The summed E-state index contributed by atoms with van der Waals surface area (Å²) in [5.41, 5.74) is 1.79. The highest BCUT2D eigenvalue weighted by Gasteiger charge is 2.19. The Hall–Kier alpha value is -1.99. The number of amides is 1. The number of aromatic amines is 1. The Kier molecular flexibility index (Phi) is 3.54. The lowest BCUT2D eigenvalue weighted by atomic mass is 9.99. The normalized spacial score (nSPS) is 12.1. The largest absolute Gasteiger partial charge is 0.361 e. The molecule has 18 heavy (non-hydrogen) atoms. The van der Waals surface area contributed by atoms with Gasteiger partial charge in [-0.1, -0.05) is 17.7 Å². The van der Waals surface area contributed by atoms with Crippen LogP contribution in [0, 0.1) is 17.2 Å². The number of hydrogen-bond acceptors (Lipinski definition) is 2. The van der Waals surface area contributed by atoms with E-state index >= 15 is 0 Å². The summed E-state index contributed by atoms with van der Waals surface area (Å²) in [5.74, 6) is -0.982. The van der Waals surface area contributed by atoms with E-state index in [4.69, 9.17) is 16.9 Å². The molecule has 5 heteroatoms. The molecule has 92 valence electrons. The van der Waals surface area contributed by atoms with E-state index in [1.54, 1.807) is 12.3 Å². The molecule has 0 unspecified atom stereocenters. The van der Waals surface area contributed by atoms with Gasteiger partial charge < -0.3 is 10.3 Å². The van der Waals surface area contributed by atoms with Crippen molar-refractivity contribution in [3.05, 3.63) is 35.0 Å². The number of carbonyl (C=O) groups excluding carboxylic acids is 1. The molecule has 0 saturated heterocycles. The van der Waals surface area contributed by atoms with Crippen molar-refractivity contribution in [3.8, 4) is 6.07 Å². The van der Waals surface area contributed by atoms with Crippen LogP contribution < -0.4 is 5.32 Å². The molecular weight excluding hydrogens is 250 g/mol. The molecule has 1 aromatic heterocycles. The average Bonchev–Trinajstić information content (AvgIpc) is 2.79. The number of fused-ring (bicyclic) bond motifs is 1. The third kappa shape index (κ3) is 2.18. The van der Waals surface area contributed by atoms with Gasteiger partial charge in [-0.05, 0) is 24.1 Å². The van der Waals surface area contributed by atoms with Crippen molar-refractivity contribution in [2.45, 2.75) is 6.42 Å². The van der Waals surface area contributed by atoms with Crippen molar-refractivity contribution >= 4 is 28.4 Å². The fourth-order valence-corrected chi connectivity index (χ4v) is 2.26. The van der Waals surface area contributed by atoms with Crippen molar-refractivity contribution in [1.82, 2.24) is 10.3 Å². The predicted octanol–water partition coefficient (Wildman–Crippen LogP) is 2.25. The lowest BCUT2D eigenvalue weighted by Gasteiger charge is -2.06. The first-order chi connectivity index (χ1) is 8.67. The van der Waals surface area contributed by atoms with E-state index in [0.717, 1.165) is 16.5 Å². The number of carbonyl (C=O) groups is 1. The molecule has 1 amide bonds. The van der Waals surface area contributed by atoms with Crippen LogP contribution in [-0.4, -0.2) is 17.9 Å². The molecule has 0 saturated carbocycles. The first kappa shape index (κ1) is 12.5. The van der Waals surface area contributed by atoms with E-state index in [2.05, 4.69) is 10.3 Å². The SMILES string of the molecule is CNC(=O)[C@H](C#N)Cc1c[nH]c2cccc(Cl)c12. The zero-order valence-corrected chi connectivity index (χ0v) is 10.6. The minimum atomic E-state index is -0.703. The molecule has 2 N–H and O–H groups in total. The standard InChI is InChI=1S/C13H12ClN3O/c1-16-13(18)8(6-15)5-9-7-17-11-4-2-3-10(14)12(9)11/h2-4,7-8,17H,5H2,1H3,(H,16,18)/t8-/m0/s1. The monoisotopic (exact) mass is 261 g/mol. The molecule has 2 aromatic rings. The van der Waals surface area contributed by atoms with Gasteiger partial charge in [0.05, 0.1) is 11.1 Å². The maximum atomic E-state index is 11.5. The highest BCUT2D eigenvalue weighted by molar-refractivity contribution is 6.35. The van der Waals surface area contributed by atoms with E-state index < -0.39 is 5.92 Å². The second kappa shape index (κ2) is 5.11. The second-order valence-corrected chi connectivity index (χ2v) is 4.38. The van der Waals surface area contributed by atoms with E-state index in [1.807, 2.05) is 18.2 Å². The van der Waals surface area contributed by atoms with Crippen molar-refractivity contribution in [1.29, 1.82) is 5.26 Å². The summed E-state index contributed by atoms with van der Waals surface area (Å²) in [4.78, 5) is 14.6. The Bertz CT molecular complexity index is 627. The fourth-order valence-electron chi connectivity index (χ4n) is 1.96. The van der Waals surface area contributed by atoms with Gasteiger partial charge in [0.1, 0.15) is 5.92 Å². The summed E-state index contributed by atoms with van der Waals surface area (Å²) >= 11 is 6.14. The molecule has 0 aliphatic carbocycles. The zero-order valence-electron chi connectivity index (χ0n) is 9.83. The molecule has 1 heterocycles. The molecule has 4 nitrogen and oxygen atoms in total. The number of halogens is 1. The quantitative estimate of drug-likeness (QED) is 0.890. The predicted molar refractivity (Wildman–Crippen MR) is 70.2 cm³/mol. The number of nitrogens with one attached hydrogen (secondary N) is 2. The third-order valence-electron chi connectivity index (χ3n) is 2.88. The van der Waals surface area contributed by atoms with E-state index in [1.165, 1.54) is 7.05 Å². The minimum absolute atomic E-state index is 0.279. The third-order valence-corrected chi connectivity index (χ3v) is 3.19. The van der Waals surface area contributed by atoms with Crippen LogP contribution in [0.1, 0.15) is 5.56 Å². The zero-order chi connectivity index (χ0) is 13.1. The Labute approximate surface area is 110 Å². The number of aromatic nitrogens is 1. The van der Waals surface area contributed by atoms with Crippen LogP contribution in [0.5, 0.6) is 0 Å². The number of hydrogen-bond donors (Lipinski definition) is 2. The summed E-state index contributed by atoms with van der Waals surface area (Å²) in [6.45, 7) is 0. The van der Waals surface area contributed by atoms with Crippen molar-refractivity contribution in [2.24, 2.45) is 5.92 Å². The van der Waals surface area contributed by atoms with Gasteiger partial charge in [-0.2, -0.15) is 5.26 Å². The Balaban J connectivity index is 2.38. The number of H-pyrrole nitrogens is 1. The molecule has 2 rings (SSSR count). The molecule has 0 spiro atoms. The minimum Gasteiger partial charge on any atom is -0.361 e. The van der Waals surface area contributed by atoms with Crippen LogP contribution >= 0.6 is 11.6 Å². The molecule has 0 radical (unpaired) electrons. The van der Waals surface area contributed by atoms with E-state index in [9.17, 15) is 4.79 Å². The highest BCUT2D eigenvalue weighted by atomic mass is 35.5. The van der Waals surface area contributed by atoms with Crippen LogP contribution in [-0.2, 0) is 11.2 Å². The topological polar surface area (TPSA) is 68.7 Å². The molecule has 1 atom stereocenters. The maximum absolute atomic E-state index is 11.5. The van der Waals surface area contributed by atoms with Crippen molar-refractivity contribution in [3.63, 3.8) is 0 Å². The molecule has 0 bridgehead atoms. The summed E-state index contributed by atoms with van der Waals surface area (Å²) < 4.78 is 0. The van der Waals surface area contributed by atoms with Crippen LogP contribution in [0.15, 0.2) is 24.4 Å². The number of nitrogens with zero attached hydrogens (tertiary/aromatic N) is 1. The average molecular weight is 262 g/mol. The molecular formula is C13H12ClN3O. The molecule has 0 fully saturated rings. The van der Waals surface area contributed by atoms with Gasteiger partial charge >= 0.3 is 0 Å². The van der Waals surface area contributed by atoms with Crippen LogP contribution in [0.3, 0.4) is 0 Å². The molecule has 0 aliphatic rings. The molecule has 1 aromatic carbocycles. The number of benzene rings is 1. The van der Waals surface area contributed by atoms with Crippen LogP contribution in [0.25, 0.3) is 10.9 Å². The van der Waals surface area contributed by atoms with Crippen LogP contribution in [0.4, 0.5) is 0 Å². The number of rotatable bonds is 3. The lowest BCUT2D eigenvalue weighted by Crippen LogP contribution is -2.27. The molecule has 0 aliphatic heterocycles. The van der Waals surface area contributed by atoms with E-state index in [0.29, 0.717) is 11.4 Å². The number of nitriles is 1.